The lowest BCUT2D eigenvalue weighted by Gasteiger charge is -2.26. The van der Waals surface area contributed by atoms with Crippen LogP contribution in [0.3, 0.4) is 0 Å². The topological polar surface area (TPSA) is 12.5 Å². The molecule has 0 aliphatic carbocycles. The van der Waals surface area contributed by atoms with E-state index in [2.05, 4.69) is 18.1 Å². The molecule has 1 aliphatic rings. The number of rotatable bonds is 5. The van der Waals surface area contributed by atoms with Crippen molar-refractivity contribution in [3.05, 3.63) is 0 Å². The van der Waals surface area contributed by atoms with Gasteiger partial charge in [-0.25, -0.2) is 0 Å². The van der Waals surface area contributed by atoms with Gasteiger partial charge in [0.1, 0.15) is 0 Å². The van der Waals surface area contributed by atoms with Gasteiger partial charge in [0.25, 0.3) is 0 Å². The van der Waals surface area contributed by atoms with E-state index in [1.54, 1.807) is 0 Å². The molecule has 0 N–H and O–H groups in total. The molecule has 1 rings (SSSR count). The van der Waals surface area contributed by atoms with Gasteiger partial charge in [-0.05, 0) is 25.6 Å². The first-order valence-electron chi connectivity index (χ1n) is 5.16. The summed E-state index contributed by atoms with van der Waals surface area (Å²) in [6, 6.07) is 0. The lowest BCUT2D eigenvalue weighted by molar-refractivity contribution is 0.0372. The fourth-order valence-corrected chi connectivity index (χ4v) is 1.95. The maximum absolute atomic E-state index is 5.30. The Kier molecular flexibility index (Phi) is 5.83. The lowest BCUT2D eigenvalue weighted by Crippen LogP contribution is -2.36. The summed E-state index contributed by atoms with van der Waals surface area (Å²) < 4.78 is 5.30. The molecule has 78 valence electrons. The van der Waals surface area contributed by atoms with Gasteiger partial charge in [0.15, 0.2) is 0 Å². The summed E-state index contributed by atoms with van der Waals surface area (Å²) in [4.78, 5) is 2.51. The van der Waals surface area contributed by atoms with Crippen LogP contribution in [-0.4, -0.2) is 49.3 Å². The highest BCUT2D eigenvalue weighted by molar-refractivity contribution is 7.99. The van der Waals surface area contributed by atoms with Crippen LogP contribution in [0.4, 0.5) is 0 Å². The number of nitrogens with zero attached hydrogens (tertiary/aromatic N) is 1. The SMILES string of the molecule is CSC(C)CCCN1CCOCC1. The number of hydrogen-bond donors (Lipinski definition) is 0. The first-order valence-corrected chi connectivity index (χ1v) is 6.44. The van der Waals surface area contributed by atoms with Crippen LogP contribution in [0, 0.1) is 0 Å². The van der Waals surface area contributed by atoms with Crippen molar-refractivity contribution in [3.8, 4) is 0 Å². The van der Waals surface area contributed by atoms with E-state index in [9.17, 15) is 0 Å². The normalized spacial score (nSPS) is 21.7. The molecule has 2 nitrogen and oxygen atoms in total. The minimum atomic E-state index is 0.820. The molecule has 1 atom stereocenters. The van der Waals surface area contributed by atoms with Gasteiger partial charge in [-0.2, -0.15) is 11.8 Å². The molecule has 0 spiro atoms. The maximum atomic E-state index is 5.30. The van der Waals surface area contributed by atoms with E-state index in [0.717, 1.165) is 31.6 Å². The minimum Gasteiger partial charge on any atom is -0.379 e. The molecule has 3 heteroatoms. The fourth-order valence-electron chi connectivity index (χ4n) is 1.54. The second-order valence-corrected chi connectivity index (χ2v) is 4.92. The number of thioether (sulfide) groups is 1. The van der Waals surface area contributed by atoms with Crippen LogP contribution in [0.15, 0.2) is 0 Å². The van der Waals surface area contributed by atoms with Crippen molar-refractivity contribution in [2.45, 2.75) is 25.0 Å². The summed E-state index contributed by atoms with van der Waals surface area (Å²) in [7, 11) is 0. The summed E-state index contributed by atoms with van der Waals surface area (Å²) in [6.45, 7) is 7.69. The summed E-state index contributed by atoms with van der Waals surface area (Å²) >= 11 is 1.97. The third-order valence-corrected chi connectivity index (χ3v) is 3.63. The van der Waals surface area contributed by atoms with Crippen LogP contribution in [0.5, 0.6) is 0 Å². The molecule has 1 heterocycles. The summed E-state index contributed by atoms with van der Waals surface area (Å²) in [5, 5.41) is 0.820. The highest BCUT2D eigenvalue weighted by Crippen LogP contribution is 2.12. The van der Waals surface area contributed by atoms with E-state index in [0.29, 0.717) is 0 Å². The van der Waals surface area contributed by atoms with Crippen LogP contribution >= 0.6 is 11.8 Å². The molecule has 0 bridgehead atoms. The van der Waals surface area contributed by atoms with Gasteiger partial charge in [-0.15, -0.1) is 0 Å². The molecule has 1 aliphatic heterocycles. The largest absolute Gasteiger partial charge is 0.379 e. The predicted octanol–water partition coefficient (Wildman–Crippen LogP) is 1.85. The van der Waals surface area contributed by atoms with Gasteiger partial charge < -0.3 is 4.74 Å². The Hall–Kier alpha value is 0.270. The van der Waals surface area contributed by atoms with Crippen molar-refractivity contribution in [1.82, 2.24) is 4.90 Å². The first kappa shape index (κ1) is 11.3. The number of morpholine rings is 1. The van der Waals surface area contributed by atoms with Crippen molar-refractivity contribution >= 4 is 11.8 Å². The number of hydrogen-bond acceptors (Lipinski definition) is 3. The van der Waals surface area contributed by atoms with E-state index in [1.165, 1.54) is 19.4 Å². The lowest BCUT2D eigenvalue weighted by atomic mass is 10.2. The van der Waals surface area contributed by atoms with Crippen LogP contribution in [0.2, 0.25) is 0 Å². The van der Waals surface area contributed by atoms with Crippen LogP contribution in [0.1, 0.15) is 19.8 Å². The maximum Gasteiger partial charge on any atom is 0.0594 e. The second kappa shape index (κ2) is 6.68. The van der Waals surface area contributed by atoms with Crippen molar-refractivity contribution in [3.63, 3.8) is 0 Å². The molecular weight excluding hydrogens is 182 g/mol. The summed E-state index contributed by atoms with van der Waals surface area (Å²) in [5.41, 5.74) is 0. The standard InChI is InChI=1S/C10H21NOS/c1-10(13-2)4-3-5-11-6-8-12-9-7-11/h10H,3-9H2,1-2H3. The van der Waals surface area contributed by atoms with Crippen molar-refractivity contribution in [1.29, 1.82) is 0 Å². The molecule has 0 radical (unpaired) electrons. The molecule has 0 amide bonds. The first-order chi connectivity index (χ1) is 6.33. The van der Waals surface area contributed by atoms with Crippen LogP contribution in [0.25, 0.3) is 0 Å². The zero-order valence-corrected chi connectivity index (χ0v) is 9.61. The smallest absolute Gasteiger partial charge is 0.0594 e. The fraction of sp³-hybridized carbons (Fsp3) is 1.00. The Bertz CT molecular complexity index is 126. The molecular formula is C10H21NOS. The zero-order chi connectivity index (χ0) is 9.52. The van der Waals surface area contributed by atoms with Crippen molar-refractivity contribution in [2.24, 2.45) is 0 Å². The molecule has 0 aromatic heterocycles. The highest BCUT2D eigenvalue weighted by Gasteiger charge is 2.09. The summed E-state index contributed by atoms with van der Waals surface area (Å²) in [5.74, 6) is 0. The Morgan fingerprint density at radius 2 is 2.08 bits per heavy atom. The molecule has 0 saturated carbocycles. The Morgan fingerprint density at radius 1 is 1.38 bits per heavy atom. The Labute approximate surface area is 86.0 Å². The predicted molar refractivity (Wildman–Crippen MR) is 59.5 cm³/mol. The van der Waals surface area contributed by atoms with Crippen molar-refractivity contribution in [2.75, 3.05) is 39.1 Å². The minimum absolute atomic E-state index is 0.820. The average molecular weight is 203 g/mol. The molecule has 1 fully saturated rings. The third kappa shape index (κ3) is 4.89. The van der Waals surface area contributed by atoms with Gasteiger partial charge in [0.2, 0.25) is 0 Å². The van der Waals surface area contributed by atoms with Gasteiger partial charge >= 0.3 is 0 Å². The van der Waals surface area contributed by atoms with Crippen LogP contribution in [-0.2, 0) is 4.74 Å². The average Bonchev–Trinajstić information content (AvgIpc) is 2.19. The molecule has 0 aromatic carbocycles. The summed E-state index contributed by atoms with van der Waals surface area (Å²) in [6.07, 6.45) is 4.87. The van der Waals surface area contributed by atoms with Gasteiger partial charge in [0, 0.05) is 18.3 Å². The highest BCUT2D eigenvalue weighted by atomic mass is 32.2. The number of ether oxygens (including phenoxy) is 1. The Balaban J connectivity index is 1.98. The van der Waals surface area contributed by atoms with E-state index in [4.69, 9.17) is 4.74 Å². The zero-order valence-electron chi connectivity index (χ0n) is 8.79. The van der Waals surface area contributed by atoms with Gasteiger partial charge in [-0.1, -0.05) is 6.92 Å². The Morgan fingerprint density at radius 3 is 2.69 bits per heavy atom. The molecule has 1 saturated heterocycles. The van der Waals surface area contributed by atoms with Crippen LogP contribution < -0.4 is 0 Å². The molecule has 0 aromatic rings. The monoisotopic (exact) mass is 203 g/mol. The van der Waals surface area contributed by atoms with E-state index < -0.39 is 0 Å². The van der Waals surface area contributed by atoms with E-state index in [-0.39, 0.29) is 0 Å². The molecule has 13 heavy (non-hydrogen) atoms. The van der Waals surface area contributed by atoms with Crippen molar-refractivity contribution < 1.29 is 4.74 Å². The molecule has 1 unspecified atom stereocenters. The van der Waals surface area contributed by atoms with E-state index >= 15 is 0 Å². The van der Waals surface area contributed by atoms with Gasteiger partial charge in [-0.3, -0.25) is 4.90 Å². The van der Waals surface area contributed by atoms with E-state index in [1.807, 2.05) is 11.8 Å². The second-order valence-electron chi connectivity index (χ2n) is 3.64. The third-order valence-electron chi connectivity index (χ3n) is 2.59. The quantitative estimate of drug-likeness (QED) is 0.676. The van der Waals surface area contributed by atoms with Gasteiger partial charge in [0.05, 0.1) is 13.2 Å².